The molecule has 0 saturated carbocycles. The summed E-state index contributed by atoms with van der Waals surface area (Å²) in [6, 6.07) is 0. The molecule has 4 heteroatoms. The Morgan fingerprint density at radius 3 is 3.00 bits per heavy atom. The Morgan fingerprint density at radius 2 is 2.71 bits per heavy atom. The number of nitrogens with zero attached hydrogens (tertiary/aromatic N) is 1. The minimum absolute atomic E-state index is 0.329. The summed E-state index contributed by atoms with van der Waals surface area (Å²) in [5.41, 5.74) is 0. The van der Waals surface area contributed by atoms with Crippen LogP contribution in [0.4, 0.5) is 0 Å². The summed E-state index contributed by atoms with van der Waals surface area (Å²) < 4.78 is 2.84. The first-order valence-corrected chi connectivity index (χ1v) is 4.55. The Bertz CT molecular complexity index is 103. The summed E-state index contributed by atoms with van der Waals surface area (Å²) in [7, 11) is 1.25. The molecule has 0 N–H and O–H groups in total. The van der Waals surface area contributed by atoms with Crippen molar-refractivity contribution >= 4 is 20.9 Å². The van der Waals surface area contributed by atoms with Crippen LogP contribution in [0.15, 0.2) is 16.1 Å². The van der Waals surface area contributed by atoms with Gasteiger partial charge in [0.1, 0.15) is 10.8 Å². The highest BCUT2D eigenvalue weighted by molar-refractivity contribution is 8.75. The molecule has 0 aliphatic carbocycles. The molecule has 0 radical (unpaired) electrons. The van der Waals surface area contributed by atoms with Crippen molar-refractivity contribution in [2.24, 2.45) is 4.58 Å². The van der Waals surface area contributed by atoms with Crippen LogP contribution in [0.3, 0.4) is 0 Å². The van der Waals surface area contributed by atoms with Gasteiger partial charge in [-0.1, -0.05) is 4.91 Å². The third kappa shape index (κ3) is 1.21. The minimum Gasteiger partial charge on any atom is -0.0942 e. The molecule has 1 aliphatic rings. The molecular formula is C3H4NOS2+. The number of hydrogen-bond donors (Lipinski definition) is 0. The maximum absolute atomic E-state index is 9.70. The van der Waals surface area contributed by atoms with E-state index in [1.54, 1.807) is 10.8 Å². The van der Waals surface area contributed by atoms with Crippen LogP contribution in [0.25, 0.3) is 0 Å². The molecule has 0 saturated heterocycles. The van der Waals surface area contributed by atoms with E-state index in [0.29, 0.717) is 0 Å². The molecule has 0 aromatic carbocycles. The first kappa shape index (κ1) is 5.18. The fraction of sp³-hybridized carbons (Fsp3) is 0.333. The zero-order valence-electron chi connectivity index (χ0n) is 3.53. The molecule has 7 heavy (non-hydrogen) atoms. The van der Waals surface area contributed by atoms with Gasteiger partial charge in [-0.15, -0.1) is 0 Å². The number of hydrogen-bond acceptors (Lipinski definition) is 3. The van der Waals surface area contributed by atoms with Gasteiger partial charge in [0.2, 0.25) is 0 Å². The van der Waals surface area contributed by atoms with E-state index in [1.807, 2.05) is 11.5 Å². The van der Waals surface area contributed by atoms with Crippen LogP contribution < -0.4 is 0 Å². The monoisotopic (exact) mass is 134 g/mol. The quantitative estimate of drug-likeness (QED) is 0.308. The molecule has 38 valence electrons. The third-order valence-electron chi connectivity index (χ3n) is 0.571. The molecule has 1 heterocycles. The van der Waals surface area contributed by atoms with Crippen LogP contribution in [0, 0.1) is 4.91 Å². The molecule has 0 aromatic heterocycles. The lowest BCUT2D eigenvalue weighted by molar-refractivity contribution is 1.84. The third-order valence-corrected chi connectivity index (χ3v) is 3.36. The van der Waals surface area contributed by atoms with Crippen molar-refractivity contribution in [3.63, 3.8) is 0 Å². The van der Waals surface area contributed by atoms with Gasteiger partial charge in [0, 0.05) is 0 Å². The first-order valence-electron chi connectivity index (χ1n) is 1.80. The summed E-state index contributed by atoms with van der Waals surface area (Å²) in [6.45, 7) is 0. The molecule has 1 rings (SSSR count). The van der Waals surface area contributed by atoms with Crippen molar-refractivity contribution in [3.05, 3.63) is 16.4 Å². The maximum Gasteiger partial charge on any atom is 0.273 e. The molecule has 1 unspecified atom stereocenters. The summed E-state index contributed by atoms with van der Waals surface area (Å²) >= 11 is 0. The molecular weight excluding hydrogens is 130 g/mol. The zero-order chi connectivity index (χ0) is 5.11. The van der Waals surface area contributed by atoms with E-state index in [4.69, 9.17) is 0 Å². The van der Waals surface area contributed by atoms with E-state index < -0.39 is 0 Å². The second-order valence-corrected chi connectivity index (χ2v) is 4.28. The molecule has 1 atom stereocenters. The Morgan fingerprint density at radius 1 is 1.86 bits per heavy atom. The van der Waals surface area contributed by atoms with Crippen LogP contribution in [-0.2, 0) is 10.1 Å². The van der Waals surface area contributed by atoms with Crippen LogP contribution in [-0.4, -0.2) is 5.75 Å². The maximum atomic E-state index is 9.70. The fourth-order valence-corrected chi connectivity index (χ4v) is 2.44. The second-order valence-electron chi connectivity index (χ2n) is 1.01. The average Bonchev–Trinajstić information content (AvgIpc) is 2.14. The lowest BCUT2D eigenvalue weighted by Crippen LogP contribution is -1.73. The van der Waals surface area contributed by atoms with Gasteiger partial charge in [-0.3, -0.25) is 0 Å². The summed E-state index contributed by atoms with van der Waals surface area (Å²) in [5.74, 6) is 0.953. The van der Waals surface area contributed by atoms with E-state index in [1.165, 1.54) is 0 Å². The minimum atomic E-state index is -0.329. The van der Waals surface area contributed by atoms with Crippen molar-refractivity contribution in [1.29, 1.82) is 0 Å². The van der Waals surface area contributed by atoms with Crippen molar-refractivity contribution in [3.8, 4) is 0 Å². The highest BCUT2D eigenvalue weighted by Gasteiger charge is 2.22. The molecule has 1 aliphatic heterocycles. The van der Waals surface area contributed by atoms with Gasteiger partial charge >= 0.3 is 0 Å². The standard InChI is InChI=1S/C3H4NOS2/c5-4-7-3-1-2-6-7/h1,3H,2H2/q+1. The predicted molar refractivity (Wildman–Crippen MR) is 34.8 cm³/mol. The van der Waals surface area contributed by atoms with Gasteiger partial charge in [0.25, 0.3) is 10.1 Å². The Kier molecular flexibility index (Phi) is 1.76. The van der Waals surface area contributed by atoms with Gasteiger partial charge in [-0.2, -0.15) is 0 Å². The van der Waals surface area contributed by atoms with Crippen molar-refractivity contribution < 1.29 is 0 Å². The Labute approximate surface area is 48.2 Å². The number of nitroso groups, excluding NO2 is 1. The lowest BCUT2D eigenvalue weighted by atomic mass is 10.8. The topological polar surface area (TPSA) is 29.4 Å². The van der Waals surface area contributed by atoms with Crippen molar-refractivity contribution in [1.82, 2.24) is 0 Å². The van der Waals surface area contributed by atoms with Gasteiger partial charge < -0.3 is 0 Å². The van der Waals surface area contributed by atoms with E-state index >= 15 is 0 Å². The summed E-state index contributed by atoms with van der Waals surface area (Å²) in [6.07, 6.45) is 1.97. The van der Waals surface area contributed by atoms with E-state index in [-0.39, 0.29) is 10.1 Å². The fourth-order valence-electron chi connectivity index (χ4n) is 0.316. The zero-order valence-corrected chi connectivity index (χ0v) is 5.17. The molecule has 0 amide bonds. The van der Waals surface area contributed by atoms with Crippen LogP contribution in [0.5, 0.6) is 0 Å². The molecule has 0 aromatic rings. The first-order chi connectivity index (χ1) is 3.43. The highest BCUT2D eigenvalue weighted by Crippen LogP contribution is 2.24. The van der Waals surface area contributed by atoms with Crippen molar-refractivity contribution in [2.45, 2.75) is 0 Å². The molecule has 0 spiro atoms. The molecule has 0 fully saturated rings. The van der Waals surface area contributed by atoms with E-state index in [0.717, 1.165) is 5.75 Å². The molecule has 2 nitrogen and oxygen atoms in total. The molecule has 0 bridgehead atoms. The second kappa shape index (κ2) is 2.37. The summed E-state index contributed by atoms with van der Waals surface area (Å²) in [4.78, 5) is 9.70. The summed E-state index contributed by atoms with van der Waals surface area (Å²) in [5, 5.41) is 1.84. The smallest absolute Gasteiger partial charge is 0.0942 e. The van der Waals surface area contributed by atoms with E-state index in [2.05, 4.69) is 4.58 Å². The lowest BCUT2D eigenvalue weighted by Gasteiger charge is -1.70. The van der Waals surface area contributed by atoms with Gasteiger partial charge in [0.05, 0.1) is 5.75 Å². The SMILES string of the molecule is O=N[S+]1C=CCS1. The predicted octanol–water partition coefficient (Wildman–Crippen LogP) is 1.46. The Hall–Kier alpha value is 0.0400. The van der Waals surface area contributed by atoms with Crippen LogP contribution >= 0.6 is 10.8 Å². The van der Waals surface area contributed by atoms with Gasteiger partial charge in [-0.05, 0) is 6.08 Å². The van der Waals surface area contributed by atoms with E-state index in [9.17, 15) is 4.91 Å². The van der Waals surface area contributed by atoms with Crippen LogP contribution in [0.2, 0.25) is 0 Å². The van der Waals surface area contributed by atoms with Gasteiger partial charge in [-0.25, -0.2) is 0 Å². The largest absolute Gasteiger partial charge is 0.273 e. The average molecular weight is 134 g/mol. The normalized spacial score (nSPS) is 28.3. The number of rotatable bonds is 1. The Balaban J connectivity index is 2.42. The van der Waals surface area contributed by atoms with Crippen molar-refractivity contribution in [2.75, 3.05) is 5.75 Å². The van der Waals surface area contributed by atoms with Crippen LogP contribution in [0.1, 0.15) is 0 Å². The highest BCUT2D eigenvalue weighted by atomic mass is 33.1. The van der Waals surface area contributed by atoms with Gasteiger partial charge in [0.15, 0.2) is 9.99 Å².